The summed E-state index contributed by atoms with van der Waals surface area (Å²) in [4.78, 5) is 1.39. The molecule has 0 saturated heterocycles. The van der Waals surface area contributed by atoms with Crippen LogP contribution in [0.5, 0.6) is 5.75 Å². The molecule has 5 heteroatoms. The van der Waals surface area contributed by atoms with Crippen LogP contribution < -0.4 is 0 Å². The van der Waals surface area contributed by atoms with E-state index in [0.717, 1.165) is 16.6 Å². The second-order valence-corrected chi connectivity index (χ2v) is 6.97. The van der Waals surface area contributed by atoms with Gasteiger partial charge >= 0.3 is 0 Å². The molecule has 0 spiro atoms. The summed E-state index contributed by atoms with van der Waals surface area (Å²) in [5.74, 6) is 0.0724. The number of phenolic OH excluding ortho intramolecular Hbond substituents is 1. The van der Waals surface area contributed by atoms with Gasteiger partial charge in [0.05, 0.1) is 11.6 Å². The van der Waals surface area contributed by atoms with Gasteiger partial charge < -0.3 is 5.11 Å². The van der Waals surface area contributed by atoms with Crippen molar-refractivity contribution in [2.24, 2.45) is 0 Å². The van der Waals surface area contributed by atoms with E-state index in [2.05, 4.69) is 16.3 Å². The number of hydrogen-bond donors (Lipinski definition) is 1. The fourth-order valence-corrected chi connectivity index (χ4v) is 3.29. The standard InChI is InChI=1S/C22H18N4O/c1-22(2,16-8-4-3-5-9-16)17-12-15(14-23)13-20(21(17)27)26-24-18-10-6-7-11-19(18)25-26/h3-13,27H,1-2H3. The first-order valence-electron chi connectivity index (χ1n) is 8.66. The largest absolute Gasteiger partial charge is 0.505 e. The highest BCUT2D eigenvalue weighted by atomic mass is 16.3. The van der Waals surface area contributed by atoms with Crippen LogP contribution in [0, 0.1) is 11.3 Å². The minimum absolute atomic E-state index is 0.0724. The van der Waals surface area contributed by atoms with Crippen LogP contribution in [0.1, 0.15) is 30.5 Å². The number of aromatic hydroxyl groups is 1. The molecule has 0 amide bonds. The number of nitrogens with zero attached hydrogens (tertiary/aromatic N) is 4. The molecule has 0 saturated carbocycles. The van der Waals surface area contributed by atoms with E-state index in [-0.39, 0.29) is 5.75 Å². The van der Waals surface area contributed by atoms with Crippen LogP contribution in [0.15, 0.2) is 66.7 Å². The van der Waals surface area contributed by atoms with E-state index in [1.165, 1.54) is 4.80 Å². The van der Waals surface area contributed by atoms with Gasteiger partial charge in [0.15, 0.2) is 0 Å². The number of fused-ring (bicyclic) bond motifs is 1. The van der Waals surface area contributed by atoms with Crippen molar-refractivity contribution < 1.29 is 5.11 Å². The van der Waals surface area contributed by atoms with Crippen LogP contribution in [0.4, 0.5) is 0 Å². The lowest BCUT2D eigenvalue weighted by atomic mass is 9.77. The average molecular weight is 354 g/mol. The molecule has 0 aliphatic rings. The van der Waals surface area contributed by atoms with Crippen molar-refractivity contribution in [1.82, 2.24) is 15.0 Å². The molecule has 4 rings (SSSR count). The number of hydrogen-bond acceptors (Lipinski definition) is 4. The molecule has 0 atom stereocenters. The first-order valence-corrected chi connectivity index (χ1v) is 8.66. The quantitative estimate of drug-likeness (QED) is 0.594. The van der Waals surface area contributed by atoms with Crippen molar-refractivity contribution in [3.63, 3.8) is 0 Å². The third-order valence-corrected chi connectivity index (χ3v) is 4.89. The maximum atomic E-state index is 11.1. The van der Waals surface area contributed by atoms with Crippen LogP contribution in [-0.2, 0) is 5.41 Å². The maximum Gasteiger partial charge on any atom is 0.147 e. The number of benzene rings is 3. The molecule has 0 radical (unpaired) electrons. The highest BCUT2D eigenvalue weighted by Gasteiger charge is 2.29. The first kappa shape index (κ1) is 16.8. The third-order valence-electron chi connectivity index (χ3n) is 4.89. The van der Waals surface area contributed by atoms with Crippen LogP contribution >= 0.6 is 0 Å². The van der Waals surface area contributed by atoms with Crippen molar-refractivity contribution in [1.29, 1.82) is 5.26 Å². The number of aromatic nitrogens is 3. The maximum absolute atomic E-state index is 11.1. The lowest BCUT2D eigenvalue weighted by Gasteiger charge is -2.27. The molecule has 27 heavy (non-hydrogen) atoms. The molecule has 5 nitrogen and oxygen atoms in total. The van der Waals surface area contributed by atoms with Gasteiger partial charge in [-0.05, 0) is 29.8 Å². The average Bonchev–Trinajstić information content (AvgIpc) is 3.12. The molecule has 0 fully saturated rings. The number of phenols is 1. The first-order chi connectivity index (χ1) is 13.0. The van der Waals surface area contributed by atoms with Gasteiger partial charge in [-0.15, -0.1) is 15.0 Å². The monoisotopic (exact) mass is 354 g/mol. The van der Waals surface area contributed by atoms with E-state index in [4.69, 9.17) is 0 Å². The summed E-state index contributed by atoms with van der Waals surface area (Å²) >= 11 is 0. The van der Waals surface area contributed by atoms with Gasteiger partial charge in [0.1, 0.15) is 22.5 Å². The predicted octanol–water partition coefficient (Wildman–Crippen LogP) is 4.32. The number of rotatable bonds is 3. The Kier molecular flexibility index (Phi) is 3.89. The zero-order chi connectivity index (χ0) is 19.0. The molecule has 0 aliphatic carbocycles. The fraction of sp³-hybridized carbons (Fsp3) is 0.136. The van der Waals surface area contributed by atoms with Crippen LogP contribution in [-0.4, -0.2) is 20.1 Å². The van der Waals surface area contributed by atoms with Gasteiger partial charge in [-0.25, -0.2) is 0 Å². The molecule has 0 unspecified atom stereocenters. The molecule has 4 aromatic rings. The Labute approximate surface area is 157 Å². The zero-order valence-electron chi connectivity index (χ0n) is 15.1. The number of nitriles is 1. The summed E-state index contributed by atoms with van der Waals surface area (Å²) in [5.41, 5.74) is 3.49. The predicted molar refractivity (Wildman–Crippen MR) is 104 cm³/mol. The van der Waals surface area contributed by atoms with E-state index in [1.807, 2.05) is 68.4 Å². The molecule has 1 heterocycles. The molecule has 3 aromatic carbocycles. The van der Waals surface area contributed by atoms with Crippen molar-refractivity contribution in [2.75, 3.05) is 0 Å². The van der Waals surface area contributed by atoms with E-state index < -0.39 is 5.41 Å². The summed E-state index contributed by atoms with van der Waals surface area (Å²) in [6.45, 7) is 4.05. The van der Waals surface area contributed by atoms with Crippen molar-refractivity contribution >= 4 is 11.0 Å². The summed E-state index contributed by atoms with van der Waals surface area (Å²) < 4.78 is 0. The van der Waals surface area contributed by atoms with Crippen LogP contribution in [0.2, 0.25) is 0 Å². The van der Waals surface area contributed by atoms with Crippen molar-refractivity contribution in [3.8, 4) is 17.5 Å². The van der Waals surface area contributed by atoms with Gasteiger partial charge in [0.25, 0.3) is 0 Å². The van der Waals surface area contributed by atoms with Gasteiger partial charge in [0.2, 0.25) is 0 Å². The molecule has 1 N–H and O–H groups in total. The Hall–Kier alpha value is -3.65. The lowest BCUT2D eigenvalue weighted by Crippen LogP contribution is -2.20. The fourth-order valence-electron chi connectivity index (χ4n) is 3.29. The van der Waals surface area contributed by atoms with Gasteiger partial charge in [0, 0.05) is 11.0 Å². The zero-order valence-corrected chi connectivity index (χ0v) is 15.1. The van der Waals surface area contributed by atoms with Gasteiger partial charge in [-0.1, -0.05) is 56.3 Å². The Morgan fingerprint density at radius 2 is 1.52 bits per heavy atom. The Morgan fingerprint density at radius 1 is 0.926 bits per heavy atom. The van der Waals surface area contributed by atoms with Crippen LogP contribution in [0.3, 0.4) is 0 Å². The lowest BCUT2D eigenvalue weighted by molar-refractivity contribution is 0.446. The summed E-state index contributed by atoms with van der Waals surface area (Å²) in [5, 5.41) is 29.5. The minimum Gasteiger partial charge on any atom is -0.505 e. The SMILES string of the molecule is CC(C)(c1ccccc1)c1cc(C#N)cc(-n2nc3ccccc3n2)c1O. The van der Waals surface area contributed by atoms with E-state index in [0.29, 0.717) is 16.8 Å². The van der Waals surface area contributed by atoms with Gasteiger partial charge in [-0.3, -0.25) is 0 Å². The minimum atomic E-state index is -0.500. The second-order valence-electron chi connectivity index (χ2n) is 6.97. The highest BCUT2D eigenvalue weighted by molar-refractivity contribution is 5.74. The second kappa shape index (κ2) is 6.26. The molecule has 0 aliphatic heterocycles. The topological polar surface area (TPSA) is 74.7 Å². The van der Waals surface area contributed by atoms with Gasteiger partial charge in [-0.2, -0.15) is 5.26 Å². The molecule has 0 bridgehead atoms. The highest BCUT2D eigenvalue weighted by Crippen LogP contribution is 2.40. The third kappa shape index (κ3) is 2.81. The Morgan fingerprint density at radius 3 is 2.11 bits per heavy atom. The molecule has 1 aromatic heterocycles. The Bertz CT molecular complexity index is 1140. The van der Waals surface area contributed by atoms with E-state index >= 15 is 0 Å². The summed E-state index contributed by atoms with van der Waals surface area (Å²) in [7, 11) is 0. The smallest absolute Gasteiger partial charge is 0.147 e. The van der Waals surface area contributed by atoms with Crippen molar-refractivity contribution in [3.05, 3.63) is 83.4 Å². The molecule has 132 valence electrons. The normalized spacial score (nSPS) is 11.4. The summed E-state index contributed by atoms with van der Waals surface area (Å²) in [6, 6.07) is 22.9. The molecular formula is C22H18N4O. The van der Waals surface area contributed by atoms with Crippen LogP contribution in [0.25, 0.3) is 16.7 Å². The molecular weight excluding hydrogens is 336 g/mol. The summed E-state index contributed by atoms with van der Waals surface area (Å²) in [6.07, 6.45) is 0. The Balaban J connectivity index is 1.94. The van der Waals surface area contributed by atoms with E-state index in [1.54, 1.807) is 12.1 Å². The van der Waals surface area contributed by atoms with Crippen molar-refractivity contribution in [2.45, 2.75) is 19.3 Å². The van der Waals surface area contributed by atoms with E-state index in [9.17, 15) is 10.4 Å².